The molecule has 0 aliphatic heterocycles. The first kappa shape index (κ1) is 8.50. The van der Waals surface area contributed by atoms with E-state index in [1.807, 2.05) is 0 Å². The Morgan fingerprint density at radius 3 is 3.08 bits per heavy atom. The molecule has 1 aromatic carbocycles. The van der Waals surface area contributed by atoms with Crippen LogP contribution in [-0.4, -0.2) is 17.3 Å². The van der Waals surface area contributed by atoms with Crippen LogP contribution in [0, 0.1) is 5.82 Å². The van der Waals surface area contributed by atoms with Crippen molar-refractivity contribution in [2.24, 2.45) is 0 Å². The maximum atomic E-state index is 13.5. The van der Waals surface area contributed by atoms with Gasteiger partial charge < -0.3 is 4.74 Å². The van der Waals surface area contributed by atoms with Crippen LogP contribution in [0.15, 0.2) is 16.7 Å². The van der Waals surface area contributed by atoms with Crippen molar-refractivity contribution in [1.29, 1.82) is 0 Å². The van der Waals surface area contributed by atoms with Crippen molar-refractivity contribution < 1.29 is 9.13 Å². The van der Waals surface area contributed by atoms with E-state index < -0.39 is 5.82 Å². The molecule has 0 saturated carbocycles. The Morgan fingerprint density at radius 1 is 1.62 bits per heavy atom. The molecule has 0 aliphatic rings. The fourth-order valence-electron chi connectivity index (χ4n) is 1.19. The third kappa shape index (κ3) is 1.19. The van der Waals surface area contributed by atoms with Crippen LogP contribution in [0.2, 0.25) is 0 Å². The summed E-state index contributed by atoms with van der Waals surface area (Å²) in [5, 5.41) is 7.01. The Bertz CT molecular complexity index is 455. The average molecular weight is 245 g/mol. The highest BCUT2D eigenvalue weighted by molar-refractivity contribution is 9.10. The van der Waals surface area contributed by atoms with Crippen molar-refractivity contribution in [3.63, 3.8) is 0 Å². The van der Waals surface area contributed by atoms with Crippen LogP contribution in [0.5, 0.6) is 5.75 Å². The number of hydrogen-bond donors (Lipinski definition) is 1. The molecule has 0 spiro atoms. The SMILES string of the molecule is COc1c(Br)cc2cn[nH]c2c1F. The molecule has 5 heteroatoms. The van der Waals surface area contributed by atoms with Gasteiger partial charge in [-0.05, 0) is 22.0 Å². The summed E-state index contributed by atoms with van der Waals surface area (Å²) in [5.41, 5.74) is 0.361. The Kier molecular flexibility index (Phi) is 1.95. The second-order valence-corrected chi connectivity index (χ2v) is 3.39. The largest absolute Gasteiger partial charge is 0.492 e. The highest BCUT2D eigenvalue weighted by Gasteiger charge is 2.13. The van der Waals surface area contributed by atoms with Crippen molar-refractivity contribution in [3.8, 4) is 5.75 Å². The van der Waals surface area contributed by atoms with Crippen molar-refractivity contribution in [1.82, 2.24) is 10.2 Å². The van der Waals surface area contributed by atoms with Crippen molar-refractivity contribution in [3.05, 3.63) is 22.6 Å². The Morgan fingerprint density at radius 2 is 2.38 bits per heavy atom. The average Bonchev–Trinajstić information content (AvgIpc) is 2.53. The summed E-state index contributed by atoms with van der Waals surface area (Å²) in [5.74, 6) is -0.235. The third-order valence-electron chi connectivity index (χ3n) is 1.79. The normalized spacial score (nSPS) is 10.7. The molecule has 1 aromatic heterocycles. The van der Waals surface area contributed by atoms with Crippen molar-refractivity contribution >= 4 is 26.8 Å². The summed E-state index contributed by atoms with van der Waals surface area (Å²) in [7, 11) is 1.42. The van der Waals surface area contributed by atoms with E-state index in [0.29, 0.717) is 15.4 Å². The number of nitrogens with zero attached hydrogens (tertiary/aromatic N) is 1. The van der Waals surface area contributed by atoms with Crippen LogP contribution < -0.4 is 4.74 Å². The molecule has 0 bridgehead atoms. The first-order chi connectivity index (χ1) is 6.24. The number of halogens is 2. The van der Waals surface area contributed by atoms with Gasteiger partial charge in [0.2, 0.25) is 0 Å². The molecule has 2 rings (SSSR count). The van der Waals surface area contributed by atoms with Gasteiger partial charge in [-0.15, -0.1) is 0 Å². The summed E-state index contributed by atoms with van der Waals surface area (Å²) < 4.78 is 19.0. The van der Waals surface area contributed by atoms with Crippen LogP contribution in [0.25, 0.3) is 10.9 Å². The molecule has 0 amide bonds. The second-order valence-electron chi connectivity index (χ2n) is 2.54. The number of methoxy groups -OCH3 is 1. The third-order valence-corrected chi connectivity index (χ3v) is 2.38. The highest BCUT2D eigenvalue weighted by Crippen LogP contribution is 2.32. The predicted octanol–water partition coefficient (Wildman–Crippen LogP) is 2.47. The van der Waals surface area contributed by atoms with E-state index in [0.717, 1.165) is 0 Å². The molecule has 0 unspecified atom stereocenters. The minimum absolute atomic E-state index is 0.191. The minimum Gasteiger partial charge on any atom is -0.492 e. The smallest absolute Gasteiger partial charge is 0.191 e. The topological polar surface area (TPSA) is 37.9 Å². The van der Waals surface area contributed by atoms with Crippen LogP contribution in [0.3, 0.4) is 0 Å². The van der Waals surface area contributed by atoms with Crippen LogP contribution in [0.4, 0.5) is 4.39 Å². The second kappa shape index (κ2) is 2.99. The zero-order valence-electron chi connectivity index (χ0n) is 6.77. The molecule has 3 nitrogen and oxygen atoms in total. The zero-order valence-corrected chi connectivity index (χ0v) is 8.35. The van der Waals surface area contributed by atoms with Crippen LogP contribution in [-0.2, 0) is 0 Å². The van der Waals surface area contributed by atoms with Gasteiger partial charge in [0.25, 0.3) is 0 Å². The molecule has 0 aliphatic carbocycles. The maximum Gasteiger partial charge on any atom is 0.191 e. The number of aromatic nitrogens is 2. The minimum atomic E-state index is -0.427. The maximum absolute atomic E-state index is 13.5. The standard InChI is InChI=1S/C8H6BrFN2O/c1-13-8-5(9)2-4-3-11-12-7(4)6(8)10/h2-3H,1H3,(H,11,12). The van der Waals surface area contributed by atoms with Gasteiger partial charge >= 0.3 is 0 Å². The van der Waals surface area contributed by atoms with E-state index >= 15 is 0 Å². The fraction of sp³-hybridized carbons (Fsp3) is 0.125. The van der Waals surface area contributed by atoms with E-state index in [-0.39, 0.29) is 5.75 Å². The lowest BCUT2D eigenvalue weighted by molar-refractivity contribution is 0.386. The summed E-state index contributed by atoms with van der Waals surface area (Å²) in [6.07, 6.45) is 1.56. The van der Waals surface area contributed by atoms with E-state index in [1.165, 1.54) is 7.11 Å². The monoisotopic (exact) mass is 244 g/mol. The van der Waals surface area contributed by atoms with Gasteiger partial charge in [-0.2, -0.15) is 5.10 Å². The van der Waals surface area contributed by atoms with Crippen LogP contribution in [0.1, 0.15) is 0 Å². The van der Waals surface area contributed by atoms with Crippen LogP contribution >= 0.6 is 15.9 Å². The van der Waals surface area contributed by atoms with Gasteiger partial charge in [-0.1, -0.05) is 0 Å². The van der Waals surface area contributed by atoms with E-state index in [4.69, 9.17) is 4.74 Å². The predicted molar refractivity (Wildman–Crippen MR) is 50.3 cm³/mol. The molecule has 0 fully saturated rings. The number of hydrogen-bond acceptors (Lipinski definition) is 2. The Balaban J connectivity index is 2.85. The molecule has 1 N–H and O–H groups in total. The number of aromatic amines is 1. The molecule has 1 heterocycles. The van der Waals surface area contributed by atoms with Gasteiger partial charge in [-0.25, -0.2) is 4.39 Å². The van der Waals surface area contributed by atoms with Gasteiger partial charge in [-0.3, -0.25) is 5.10 Å². The lowest BCUT2D eigenvalue weighted by atomic mass is 10.2. The number of H-pyrrole nitrogens is 1. The van der Waals surface area contributed by atoms with E-state index in [2.05, 4.69) is 26.1 Å². The van der Waals surface area contributed by atoms with Gasteiger partial charge in [0.15, 0.2) is 11.6 Å². The lowest BCUT2D eigenvalue weighted by Gasteiger charge is -2.04. The Hall–Kier alpha value is -1.10. The highest BCUT2D eigenvalue weighted by atomic mass is 79.9. The molecule has 0 atom stereocenters. The summed E-state index contributed by atoms with van der Waals surface area (Å²) in [4.78, 5) is 0. The number of fused-ring (bicyclic) bond motifs is 1. The van der Waals surface area contributed by atoms with Gasteiger partial charge in [0.1, 0.15) is 5.52 Å². The first-order valence-electron chi connectivity index (χ1n) is 3.59. The lowest BCUT2D eigenvalue weighted by Crippen LogP contribution is -1.90. The van der Waals surface area contributed by atoms with Gasteiger partial charge in [0, 0.05) is 5.39 Å². The van der Waals surface area contributed by atoms with E-state index in [9.17, 15) is 4.39 Å². The summed E-state index contributed by atoms with van der Waals surface area (Å²) in [6.45, 7) is 0. The summed E-state index contributed by atoms with van der Waals surface area (Å²) >= 11 is 3.21. The fourth-order valence-corrected chi connectivity index (χ4v) is 1.77. The molecule has 0 radical (unpaired) electrons. The summed E-state index contributed by atoms with van der Waals surface area (Å²) in [6, 6.07) is 1.75. The number of nitrogens with one attached hydrogen (secondary N) is 1. The molecular formula is C8H6BrFN2O. The number of rotatable bonds is 1. The van der Waals surface area contributed by atoms with Gasteiger partial charge in [0.05, 0.1) is 17.8 Å². The molecule has 68 valence electrons. The molecular weight excluding hydrogens is 239 g/mol. The molecule has 0 saturated heterocycles. The van der Waals surface area contributed by atoms with E-state index in [1.54, 1.807) is 12.3 Å². The number of ether oxygens (including phenoxy) is 1. The quantitative estimate of drug-likeness (QED) is 0.837. The van der Waals surface area contributed by atoms with Crippen molar-refractivity contribution in [2.75, 3.05) is 7.11 Å². The first-order valence-corrected chi connectivity index (χ1v) is 4.38. The Labute approximate surface area is 82.0 Å². The number of benzene rings is 1. The van der Waals surface area contributed by atoms with Crippen molar-refractivity contribution in [2.45, 2.75) is 0 Å². The molecule has 13 heavy (non-hydrogen) atoms. The zero-order chi connectivity index (χ0) is 9.42. The molecule has 2 aromatic rings.